The van der Waals surface area contributed by atoms with Crippen LogP contribution >= 0.6 is 0 Å². The summed E-state index contributed by atoms with van der Waals surface area (Å²) in [5, 5.41) is 7.28. The fourth-order valence-electron chi connectivity index (χ4n) is 3.13. The van der Waals surface area contributed by atoms with E-state index < -0.39 is 13.9 Å². The summed E-state index contributed by atoms with van der Waals surface area (Å²) < 4.78 is 22.9. The summed E-state index contributed by atoms with van der Waals surface area (Å²) in [6, 6.07) is 3.98. The summed E-state index contributed by atoms with van der Waals surface area (Å²) in [4.78, 5) is 0. The Morgan fingerprint density at radius 2 is 1.63 bits per heavy atom. The molecule has 0 radical (unpaired) electrons. The van der Waals surface area contributed by atoms with Gasteiger partial charge in [-0.05, 0) is 48.1 Å². The molecule has 0 aliphatic carbocycles. The molecule has 1 aliphatic heterocycles. The largest absolute Gasteiger partial charge is 0.493 e. The molecule has 0 saturated heterocycles. The Morgan fingerprint density at radius 3 is 2.10 bits per heavy atom. The second-order valence-electron chi connectivity index (χ2n) is 9.03. The fraction of sp³-hybridized carbons (Fsp3) is 0.565. The highest BCUT2D eigenvalue weighted by Crippen LogP contribution is 2.41. The van der Waals surface area contributed by atoms with E-state index in [9.17, 15) is 0 Å². The van der Waals surface area contributed by atoms with E-state index in [1.54, 1.807) is 21.3 Å². The molecule has 6 nitrogen and oxygen atoms in total. The standard InChI is InChI=1S/C23H38N2O4Si/c1-22(2,3)30(7,8)29-14-13-24-17-23(11-9-10-12-25-23)18-15-19(26-4)21(28-6)20(16-18)27-5/h9-12,15-16,24-25H,13-14,17H2,1-8H3. The summed E-state index contributed by atoms with van der Waals surface area (Å²) in [7, 11) is 3.14. The number of methoxy groups -OCH3 is 3. The van der Waals surface area contributed by atoms with E-state index in [0.717, 1.165) is 12.1 Å². The van der Waals surface area contributed by atoms with Crippen LogP contribution in [-0.2, 0) is 9.96 Å². The smallest absolute Gasteiger partial charge is 0.203 e. The summed E-state index contributed by atoms with van der Waals surface area (Å²) in [5.74, 6) is 1.86. The highest BCUT2D eigenvalue weighted by molar-refractivity contribution is 6.74. The minimum absolute atomic E-state index is 0.211. The number of rotatable bonds is 10. The van der Waals surface area contributed by atoms with Crippen molar-refractivity contribution in [2.75, 3.05) is 41.0 Å². The molecule has 0 saturated carbocycles. The summed E-state index contributed by atoms with van der Waals surface area (Å²) in [5.41, 5.74) is 0.592. The van der Waals surface area contributed by atoms with Crippen LogP contribution in [0.25, 0.3) is 0 Å². The maximum atomic E-state index is 6.29. The van der Waals surface area contributed by atoms with Gasteiger partial charge in [0.1, 0.15) is 0 Å². The lowest BCUT2D eigenvalue weighted by molar-refractivity contribution is 0.279. The number of allylic oxidation sites excluding steroid dienone is 2. The van der Waals surface area contributed by atoms with Crippen LogP contribution in [0.4, 0.5) is 0 Å². The molecule has 0 spiro atoms. The van der Waals surface area contributed by atoms with Crippen molar-refractivity contribution >= 4 is 8.32 Å². The van der Waals surface area contributed by atoms with E-state index >= 15 is 0 Å². The van der Waals surface area contributed by atoms with E-state index in [4.69, 9.17) is 18.6 Å². The Balaban J connectivity index is 2.16. The van der Waals surface area contributed by atoms with E-state index in [0.29, 0.717) is 30.4 Å². The predicted molar refractivity (Wildman–Crippen MR) is 125 cm³/mol. The van der Waals surface area contributed by atoms with Crippen LogP contribution in [0, 0.1) is 0 Å². The van der Waals surface area contributed by atoms with Gasteiger partial charge in [0, 0.05) is 19.7 Å². The first-order valence-corrected chi connectivity index (χ1v) is 13.3. The van der Waals surface area contributed by atoms with Crippen LogP contribution in [0.3, 0.4) is 0 Å². The number of benzene rings is 1. The van der Waals surface area contributed by atoms with Gasteiger partial charge >= 0.3 is 0 Å². The lowest BCUT2D eigenvalue weighted by Gasteiger charge is -2.37. The first kappa shape index (κ1) is 24.3. The van der Waals surface area contributed by atoms with Gasteiger partial charge in [0.2, 0.25) is 5.75 Å². The fourth-order valence-corrected chi connectivity index (χ4v) is 4.18. The SMILES string of the molecule is COc1cc(C2(CNCCO[Si](C)(C)C(C)(C)C)C=CC=CN2)cc(OC)c1OC. The zero-order chi connectivity index (χ0) is 22.4. The average molecular weight is 435 g/mol. The Bertz CT molecular complexity index is 746. The topological polar surface area (TPSA) is 61.0 Å². The van der Waals surface area contributed by atoms with Gasteiger partial charge in [-0.25, -0.2) is 0 Å². The molecule has 0 fully saturated rings. The lowest BCUT2D eigenvalue weighted by atomic mass is 9.87. The molecule has 7 heteroatoms. The maximum absolute atomic E-state index is 6.29. The van der Waals surface area contributed by atoms with Gasteiger partial charge in [-0.15, -0.1) is 0 Å². The molecule has 1 aliphatic rings. The first-order valence-electron chi connectivity index (χ1n) is 10.4. The second kappa shape index (κ2) is 9.90. The van der Waals surface area contributed by atoms with Crippen molar-refractivity contribution in [3.63, 3.8) is 0 Å². The maximum Gasteiger partial charge on any atom is 0.203 e. The van der Waals surface area contributed by atoms with Gasteiger partial charge in [0.05, 0.1) is 26.9 Å². The highest BCUT2D eigenvalue weighted by atomic mass is 28.4. The molecule has 0 bridgehead atoms. The van der Waals surface area contributed by atoms with Crippen LogP contribution in [0.2, 0.25) is 18.1 Å². The zero-order valence-corrected chi connectivity index (χ0v) is 20.7. The molecule has 168 valence electrons. The summed E-state index contributed by atoms with van der Waals surface area (Å²) >= 11 is 0. The van der Waals surface area contributed by atoms with Crippen LogP contribution in [0.5, 0.6) is 17.2 Å². The molecule has 30 heavy (non-hydrogen) atoms. The van der Waals surface area contributed by atoms with Crippen molar-refractivity contribution in [1.29, 1.82) is 0 Å². The first-order chi connectivity index (χ1) is 14.1. The number of nitrogens with one attached hydrogen (secondary N) is 2. The van der Waals surface area contributed by atoms with Gasteiger partial charge in [0.15, 0.2) is 19.8 Å². The van der Waals surface area contributed by atoms with Gasteiger partial charge < -0.3 is 29.3 Å². The van der Waals surface area contributed by atoms with Crippen molar-refractivity contribution in [3.05, 3.63) is 42.1 Å². The van der Waals surface area contributed by atoms with Crippen LogP contribution in [0.1, 0.15) is 26.3 Å². The molecule has 1 heterocycles. The second-order valence-corrected chi connectivity index (χ2v) is 13.8. The summed E-state index contributed by atoms with van der Waals surface area (Å²) in [6.07, 6.45) is 8.14. The molecule has 1 unspecified atom stereocenters. The number of hydrogen-bond donors (Lipinski definition) is 2. The van der Waals surface area contributed by atoms with Crippen molar-refractivity contribution < 1.29 is 18.6 Å². The molecule has 2 rings (SSSR count). The van der Waals surface area contributed by atoms with Gasteiger partial charge in [-0.3, -0.25) is 0 Å². The molecule has 0 aromatic heterocycles. The molecular weight excluding hydrogens is 396 g/mol. The van der Waals surface area contributed by atoms with Crippen LogP contribution < -0.4 is 24.8 Å². The predicted octanol–water partition coefficient (Wildman–Crippen LogP) is 4.19. The minimum Gasteiger partial charge on any atom is -0.493 e. The normalized spacial score (nSPS) is 18.8. The van der Waals surface area contributed by atoms with E-state index in [1.165, 1.54) is 0 Å². The quantitative estimate of drug-likeness (QED) is 0.425. The number of hydrogen-bond acceptors (Lipinski definition) is 6. The van der Waals surface area contributed by atoms with E-state index in [2.05, 4.69) is 50.6 Å². The molecule has 0 amide bonds. The van der Waals surface area contributed by atoms with Gasteiger partial charge in [-0.1, -0.05) is 32.9 Å². The number of dihydropyridines is 1. The molecule has 1 atom stereocenters. The van der Waals surface area contributed by atoms with Crippen LogP contribution in [-0.4, -0.2) is 49.3 Å². The van der Waals surface area contributed by atoms with Gasteiger partial charge in [0.25, 0.3) is 0 Å². The van der Waals surface area contributed by atoms with Gasteiger partial charge in [-0.2, -0.15) is 0 Å². The summed E-state index contributed by atoms with van der Waals surface area (Å²) in [6.45, 7) is 13.5. The Morgan fingerprint density at radius 1 is 1.00 bits per heavy atom. The monoisotopic (exact) mass is 434 g/mol. The molecular formula is C23H38N2O4Si. The van der Waals surface area contributed by atoms with E-state index in [1.807, 2.05) is 30.5 Å². The third-order valence-corrected chi connectivity index (χ3v) is 10.6. The third kappa shape index (κ3) is 5.39. The lowest BCUT2D eigenvalue weighted by Crippen LogP contribution is -2.48. The zero-order valence-electron chi connectivity index (χ0n) is 19.7. The third-order valence-electron chi connectivity index (χ3n) is 6.06. The Hall–Kier alpha value is -1.96. The van der Waals surface area contributed by atoms with Crippen molar-refractivity contribution in [1.82, 2.24) is 10.6 Å². The van der Waals surface area contributed by atoms with Crippen molar-refractivity contribution in [2.24, 2.45) is 0 Å². The van der Waals surface area contributed by atoms with Crippen molar-refractivity contribution in [3.8, 4) is 17.2 Å². The minimum atomic E-state index is -1.74. The Labute approximate surface area is 182 Å². The van der Waals surface area contributed by atoms with Crippen LogP contribution in [0.15, 0.2) is 36.6 Å². The molecule has 1 aromatic carbocycles. The van der Waals surface area contributed by atoms with E-state index in [-0.39, 0.29) is 5.04 Å². The highest BCUT2D eigenvalue weighted by Gasteiger charge is 2.37. The Kier molecular flexibility index (Phi) is 8.02. The van der Waals surface area contributed by atoms with Crippen molar-refractivity contribution in [2.45, 2.75) is 44.4 Å². The molecule has 2 N–H and O–H groups in total. The molecule has 1 aromatic rings. The number of ether oxygens (including phenoxy) is 3. The average Bonchev–Trinajstić information content (AvgIpc) is 2.72.